The maximum atomic E-state index is 11.9. The molecule has 0 fully saturated rings. The summed E-state index contributed by atoms with van der Waals surface area (Å²) in [5, 5.41) is 13.4. The zero-order chi connectivity index (χ0) is 18.4. The van der Waals surface area contributed by atoms with Gasteiger partial charge in [-0.25, -0.2) is 4.79 Å². The molecule has 25 heavy (non-hydrogen) atoms. The lowest BCUT2D eigenvalue weighted by atomic mass is 10.2. The lowest BCUT2D eigenvalue weighted by Crippen LogP contribution is -2.21. The number of ether oxygens (including phenoxy) is 2. The van der Waals surface area contributed by atoms with E-state index < -0.39 is 16.8 Å². The number of esters is 1. The first-order chi connectivity index (χ1) is 11.9. The first kappa shape index (κ1) is 18.2. The molecular formula is C16H13ClN2O6. The number of amides is 1. The Bertz CT molecular complexity index is 807. The molecule has 2 rings (SSSR count). The Morgan fingerprint density at radius 1 is 1.20 bits per heavy atom. The second-order valence-corrected chi connectivity index (χ2v) is 5.21. The second kappa shape index (κ2) is 8.11. The van der Waals surface area contributed by atoms with Gasteiger partial charge >= 0.3 is 5.97 Å². The van der Waals surface area contributed by atoms with Gasteiger partial charge in [-0.2, -0.15) is 0 Å². The van der Waals surface area contributed by atoms with Gasteiger partial charge in [0.05, 0.1) is 12.0 Å². The molecule has 0 unspecified atom stereocenters. The topological polar surface area (TPSA) is 108 Å². The van der Waals surface area contributed by atoms with Gasteiger partial charge in [0.2, 0.25) is 0 Å². The molecule has 2 aromatic carbocycles. The number of methoxy groups -OCH3 is 1. The molecule has 9 heteroatoms. The Morgan fingerprint density at radius 2 is 1.88 bits per heavy atom. The number of hydrogen-bond donors (Lipinski definition) is 1. The van der Waals surface area contributed by atoms with E-state index in [0.29, 0.717) is 10.7 Å². The van der Waals surface area contributed by atoms with Crippen LogP contribution in [-0.4, -0.2) is 30.5 Å². The van der Waals surface area contributed by atoms with E-state index in [9.17, 15) is 19.7 Å². The Hall–Kier alpha value is -3.13. The van der Waals surface area contributed by atoms with Crippen molar-refractivity contribution in [3.8, 4) is 5.75 Å². The van der Waals surface area contributed by atoms with E-state index >= 15 is 0 Å². The monoisotopic (exact) mass is 364 g/mol. The molecule has 130 valence electrons. The maximum absolute atomic E-state index is 11.9. The highest BCUT2D eigenvalue weighted by molar-refractivity contribution is 6.31. The lowest BCUT2D eigenvalue weighted by Gasteiger charge is -2.11. The molecule has 1 N–H and O–H groups in total. The molecule has 0 radical (unpaired) electrons. The van der Waals surface area contributed by atoms with Crippen LogP contribution in [0, 0.1) is 10.1 Å². The van der Waals surface area contributed by atoms with E-state index in [1.54, 1.807) is 0 Å². The number of carbonyl (C=O) groups is 2. The Labute approximate surface area is 147 Å². The highest BCUT2D eigenvalue weighted by atomic mass is 35.5. The van der Waals surface area contributed by atoms with Crippen LogP contribution in [0.5, 0.6) is 5.75 Å². The number of hydrogen-bond acceptors (Lipinski definition) is 6. The van der Waals surface area contributed by atoms with Gasteiger partial charge in [-0.05, 0) is 30.3 Å². The van der Waals surface area contributed by atoms with Gasteiger partial charge in [-0.1, -0.05) is 11.6 Å². The summed E-state index contributed by atoms with van der Waals surface area (Å²) in [6.07, 6.45) is 0. The molecule has 2 aromatic rings. The minimum Gasteiger partial charge on any atom is -0.483 e. The predicted octanol–water partition coefficient (Wildman–Crippen LogP) is 3.05. The molecule has 1 amide bonds. The minimum absolute atomic E-state index is 0.0851. The van der Waals surface area contributed by atoms with Gasteiger partial charge in [0, 0.05) is 22.8 Å². The Balaban J connectivity index is 2.00. The molecule has 0 aliphatic heterocycles. The summed E-state index contributed by atoms with van der Waals surface area (Å²) in [6, 6.07) is 9.68. The number of nitrogens with one attached hydrogen (secondary N) is 1. The number of nitrogens with zero attached hydrogens (tertiary/aromatic N) is 1. The lowest BCUT2D eigenvalue weighted by molar-refractivity contribution is -0.384. The summed E-state index contributed by atoms with van der Waals surface area (Å²) in [7, 11) is 1.22. The van der Waals surface area contributed by atoms with Crippen molar-refractivity contribution in [1.82, 2.24) is 0 Å². The molecule has 0 saturated carbocycles. The number of anilines is 1. The SMILES string of the molecule is COC(=O)c1cc(Cl)ccc1OCC(=O)Nc1ccc([N+](=O)[O-])cc1. The number of nitro benzene ring substituents is 1. The van der Waals surface area contributed by atoms with Crippen LogP contribution in [0.25, 0.3) is 0 Å². The number of benzene rings is 2. The fourth-order valence-electron chi connectivity index (χ4n) is 1.90. The van der Waals surface area contributed by atoms with Gasteiger partial charge < -0.3 is 14.8 Å². The fraction of sp³-hybridized carbons (Fsp3) is 0.125. The van der Waals surface area contributed by atoms with E-state index in [1.165, 1.54) is 49.6 Å². The number of nitro groups is 1. The minimum atomic E-state index is -0.645. The first-order valence-electron chi connectivity index (χ1n) is 6.95. The molecular weight excluding hydrogens is 352 g/mol. The number of carbonyl (C=O) groups excluding carboxylic acids is 2. The summed E-state index contributed by atoms with van der Waals surface area (Å²) >= 11 is 5.83. The summed E-state index contributed by atoms with van der Waals surface area (Å²) in [5.74, 6) is -0.997. The average Bonchev–Trinajstić information content (AvgIpc) is 2.60. The van der Waals surface area contributed by atoms with Crippen molar-refractivity contribution < 1.29 is 24.0 Å². The predicted molar refractivity (Wildman–Crippen MR) is 90.0 cm³/mol. The van der Waals surface area contributed by atoms with Crippen LogP contribution in [0.3, 0.4) is 0 Å². The Morgan fingerprint density at radius 3 is 2.48 bits per heavy atom. The number of halogens is 1. The largest absolute Gasteiger partial charge is 0.483 e. The molecule has 0 heterocycles. The van der Waals surface area contributed by atoms with Gasteiger partial charge in [-0.3, -0.25) is 14.9 Å². The molecule has 0 atom stereocenters. The number of rotatable bonds is 6. The van der Waals surface area contributed by atoms with Crippen molar-refractivity contribution in [1.29, 1.82) is 0 Å². The van der Waals surface area contributed by atoms with Gasteiger partial charge in [0.15, 0.2) is 6.61 Å². The van der Waals surface area contributed by atoms with Crippen LogP contribution in [-0.2, 0) is 9.53 Å². The third kappa shape index (κ3) is 4.92. The van der Waals surface area contributed by atoms with E-state index in [2.05, 4.69) is 10.1 Å². The highest BCUT2D eigenvalue weighted by Gasteiger charge is 2.15. The van der Waals surface area contributed by atoms with Gasteiger partial charge in [-0.15, -0.1) is 0 Å². The molecule has 0 aromatic heterocycles. The van der Waals surface area contributed by atoms with Crippen LogP contribution in [0.1, 0.15) is 10.4 Å². The highest BCUT2D eigenvalue weighted by Crippen LogP contribution is 2.24. The van der Waals surface area contributed by atoms with E-state index in [4.69, 9.17) is 16.3 Å². The second-order valence-electron chi connectivity index (χ2n) is 4.77. The molecule has 0 aliphatic carbocycles. The summed E-state index contributed by atoms with van der Waals surface area (Å²) < 4.78 is 9.96. The molecule has 0 aliphatic rings. The molecule has 0 spiro atoms. The van der Waals surface area contributed by atoms with Crippen molar-refractivity contribution in [3.63, 3.8) is 0 Å². The van der Waals surface area contributed by atoms with Crippen molar-refractivity contribution in [2.24, 2.45) is 0 Å². The average molecular weight is 365 g/mol. The standard InChI is InChI=1S/C16H13ClN2O6/c1-24-16(21)13-8-10(17)2-7-14(13)25-9-15(20)18-11-3-5-12(6-4-11)19(22)23/h2-8H,9H2,1H3,(H,18,20). The van der Waals surface area contributed by atoms with Crippen LogP contribution in [0.15, 0.2) is 42.5 Å². The summed E-state index contributed by atoms with van der Waals surface area (Å²) in [5.41, 5.74) is 0.389. The van der Waals surface area contributed by atoms with Crippen molar-refractivity contribution in [3.05, 3.63) is 63.2 Å². The molecule has 0 saturated heterocycles. The smallest absolute Gasteiger partial charge is 0.341 e. The Kier molecular flexibility index (Phi) is 5.91. The first-order valence-corrected chi connectivity index (χ1v) is 7.33. The summed E-state index contributed by atoms with van der Waals surface area (Å²) in [4.78, 5) is 33.6. The third-order valence-electron chi connectivity index (χ3n) is 3.07. The molecule has 8 nitrogen and oxygen atoms in total. The quantitative estimate of drug-likeness (QED) is 0.479. The third-order valence-corrected chi connectivity index (χ3v) is 3.30. The van der Waals surface area contributed by atoms with Crippen LogP contribution >= 0.6 is 11.6 Å². The van der Waals surface area contributed by atoms with Gasteiger partial charge in [0.25, 0.3) is 11.6 Å². The molecule has 0 bridgehead atoms. The fourth-order valence-corrected chi connectivity index (χ4v) is 2.08. The summed E-state index contributed by atoms with van der Waals surface area (Å²) in [6.45, 7) is -0.372. The van der Waals surface area contributed by atoms with Crippen LogP contribution in [0.2, 0.25) is 5.02 Å². The van der Waals surface area contributed by atoms with E-state index in [-0.39, 0.29) is 23.6 Å². The zero-order valence-corrected chi connectivity index (χ0v) is 13.8. The maximum Gasteiger partial charge on any atom is 0.341 e. The van der Waals surface area contributed by atoms with E-state index in [1.807, 2.05) is 0 Å². The van der Waals surface area contributed by atoms with Crippen LogP contribution < -0.4 is 10.1 Å². The van der Waals surface area contributed by atoms with E-state index in [0.717, 1.165) is 0 Å². The zero-order valence-electron chi connectivity index (χ0n) is 13.0. The van der Waals surface area contributed by atoms with Crippen molar-refractivity contribution in [2.45, 2.75) is 0 Å². The van der Waals surface area contributed by atoms with Crippen molar-refractivity contribution >= 4 is 34.9 Å². The van der Waals surface area contributed by atoms with Crippen LogP contribution in [0.4, 0.5) is 11.4 Å². The van der Waals surface area contributed by atoms with Gasteiger partial charge in [0.1, 0.15) is 11.3 Å². The normalized spacial score (nSPS) is 10.0. The number of non-ortho nitro benzene ring substituents is 1. The van der Waals surface area contributed by atoms with Crippen molar-refractivity contribution in [2.75, 3.05) is 19.0 Å².